The van der Waals surface area contributed by atoms with Gasteiger partial charge in [0, 0.05) is 49.2 Å². The van der Waals surface area contributed by atoms with Gasteiger partial charge in [0.15, 0.2) is 0 Å². The first kappa shape index (κ1) is 14.6. The highest BCUT2D eigenvalue weighted by molar-refractivity contribution is 7.09. The molecule has 0 unspecified atom stereocenters. The fraction of sp³-hybridized carbons (Fsp3) is 0.600. The number of hydrogen-bond donors (Lipinski definition) is 1. The highest BCUT2D eigenvalue weighted by atomic mass is 32.1. The maximum absolute atomic E-state index is 12.2. The van der Waals surface area contributed by atoms with E-state index in [1.807, 2.05) is 36.8 Å². The summed E-state index contributed by atoms with van der Waals surface area (Å²) < 4.78 is 6.28. The van der Waals surface area contributed by atoms with Gasteiger partial charge < -0.3 is 10.2 Å². The Bertz CT molecular complexity index is 749. The smallest absolute Gasteiger partial charge is 0.225 e. The van der Waals surface area contributed by atoms with Crippen LogP contribution in [-0.2, 0) is 11.8 Å². The highest BCUT2D eigenvalue weighted by Crippen LogP contribution is 2.40. The van der Waals surface area contributed by atoms with Crippen molar-refractivity contribution in [2.24, 2.45) is 7.05 Å². The zero-order chi connectivity index (χ0) is 16.1. The van der Waals surface area contributed by atoms with Crippen LogP contribution in [0.1, 0.15) is 48.3 Å². The third-order valence-electron chi connectivity index (χ3n) is 4.87. The number of aryl methyl sites for hydroxylation is 1. The molecule has 1 aliphatic heterocycles. The summed E-state index contributed by atoms with van der Waals surface area (Å²) in [5.41, 5.74) is 2.17. The molecule has 1 aliphatic carbocycles. The SMILES string of the molecule is Cc1c([C@H]2[C@H](Nc3nc(C4CC4)ns3)CC(=O)N2C)cnn1C. The molecular weight excluding hydrogens is 312 g/mol. The third kappa shape index (κ3) is 2.50. The second-order valence-electron chi connectivity index (χ2n) is 6.45. The zero-order valence-electron chi connectivity index (χ0n) is 13.5. The van der Waals surface area contributed by atoms with E-state index in [-0.39, 0.29) is 18.0 Å². The summed E-state index contributed by atoms with van der Waals surface area (Å²) in [5.74, 6) is 1.64. The van der Waals surface area contributed by atoms with Gasteiger partial charge >= 0.3 is 0 Å². The Hall–Kier alpha value is -1.96. The predicted octanol–water partition coefficient (Wildman–Crippen LogP) is 1.84. The third-order valence-corrected chi connectivity index (χ3v) is 5.53. The van der Waals surface area contributed by atoms with Crippen LogP contribution in [0.4, 0.5) is 5.13 Å². The van der Waals surface area contributed by atoms with Crippen LogP contribution in [0.3, 0.4) is 0 Å². The van der Waals surface area contributed by atoms with E-state index in [1.165, 1.54) is 24.4 Å². The highest BCUT2D eigenvalue weighted by Gasteiger charge is 2.40. The quantitative estimate of drug-likeness (QED) is 0.924. The second kappa shape index (κ2) is 5.30. The number of likely N-dealkylation sites (N-methyl/N-ethyl adjacent to an activating group) is 1. The van der Waals surface area contributed by atoms with Crippen molar-refractivity contribution < 1.29 is 4.79 Å². The molecule has 8 heteroatoms. The number of anilines is 1. The Kier molecular flexibility index (Phi) is 3.37. The minimum absolute atomic E-state index is 0.00426. The van der Waals surface area contributed by atoms with Gasteiger partial charge in [0.1, 0.15) is 5.82 Å². The lowest BCUT2D eigenvalue weighted by Crippen LogP contribution is -2.30. The van der Waals surface area contributed by atoms with Crippen molar-refractivity contribution in [3.63, 3.8) is 0 Å². The molecule has 0 spiro atoms. The lowest BCUT2D eigenvalue weighted by molar-refractivity contribution is -0.127. The van der Waals surface area contributed by atoms with E-state index in [2.05, 4.69) is 19.8 Å². The average molecular weight is 332 g/mol. The topological polar surface area (TPSA) is 75.9 Å². The van der Waals surface area contributed by atoms with E-state index < -0.39 is 0 Å². The standard InChI is InChI=1S/C15H20N6OS/c1-8-10(7-16-21(8)3)13-11(6-12(22)20(13)2)17-15-18-14(19-23-15)9-4-5-9/h7,9,11,13H,4-6H2,1-3H3,(H,17,18,19)/t11-,13+/m1/s1. The fourth-order valence-corrected chi connectivity index (χ4v) is 3.90. The maximum atomic E-state index is 12.2. The Morgan fingerprint density at radius 1 is 1.35 bits per heavy atom. The maximum Gasteiger partial charge on any atom is 0.225 e. The van der Waals surface area contributed by atoms with Crippen molar-refractivity contribution in [2.45, 2.75) is 44.2 Å². The van der Waals surface area contributed by atoms with Crippen LogP contribution in [0.25, 0.3) is 0 Å². The van der Waals surface area contributed by atoms with E-state index >= 15 is 0 Å². The van der Waals surface area contributed by atoms with Crippen LogP contribution < -0.4 is 5.32 Å². The molecule has 0 bridgehead atoms. The Morgan fingerprint density at radius 3 is 2.78 bits per heavy atom. The molecule has 2 aromatic heterocycles. The molecule has 0 aromatic carbocycles. The van der Waals surface area contributed by atoms with Gasteiger partial charge in [0.25, 0.3) is 0 Å². The number of likely N-dealkylation sites (tertiary alicyclic amines) is 1. The number of amides is 1. The Balaban J connectivity index is 1.59. The molecule has 2 aliphatic rings. The zero-order valence-corrected chi connectivity index (χ0v) is 14.3. The molecule has 0 radical (unpaired) electrons. The minimum atomic E-state index is -0.0236. The van der Waals surface area contributed by atoms with Crippen molar-refractivity contribution in [1.29, 1.82) is 0 Å². The van der Waals surface area contributed by atoms with Gasteiger partial charge in [0.05, 0.1) is 18.3 Å². The summed E-state index contributed by atoms with van der Waals surface area (Å²) in [6.07, 6.45) is 4.71. The number of nitrogens with one attached hydrogen (secondary N) is 1. The molecule has 2 atom stereocenters. The van der Waals surface area contributed by atoms with Gasteiger partial charge in [-0.3, -0.25) is 9.48 Å². The van der Waals surface area contributed by atoms with Crippen molar-refractivity contribution in [2.75, 3.05) is 12.4 Å². The van der Waals surface area contributed by atoms with Crippen LogP contribution in [0.2, 0.25) is 0 Å². The first-order valence-electron chi connectivity index (χ1n) is 7.89. The first-order valence-corrected chi connectivity index (χ1v) is 8.66. The largest absolute Gasteiger partial charge is 0.355 e. The Labute approximate surface area is 138 Å². The van der Waals surface area contributed by atoms with E-state index in [1.54, 1.807) is 0 Å². The molecule has 2 aromatic rings. The summed E-state index contributed by atoms with van der Waals surface area (Å²) in [6.45, 7) is 2.03. The van der Waals surface area contributed by atoms with Crippen molar-refractivity contribution in [3.05, 3.63) is 23.3 Å². The summed E-state index contributed by atoms with van der Waals surface area (Å²) in [7, 11) is 3.78. The van der Waals surface area contributed by atoms with Crippen LogP contribution in [-0.4, -0.2) is 43.0 Å². The molecule has 23 heavy (non-hydrogen) atoms. The lowest BCUT2D eigenvalue weighted by Gasteiger charge is -2.25. The van der Waals surface area contributed by atoms with Crippen molar-refractivity contribution in [1.82, 2.24) is 24.0 Å². The summed E-state index contributed by atoms with van der Waals surface area (Å²) in [5, 5.41) is 8.57. The van der Waals surface area contributed by atoms with Gasteiger partial charge in [0.2, 0.25) is 11.0 Å². The number of hydrogen-bond acceptors (Lipinski definition) is 6. The number of carbonyl (C=O) groups excluding carboxylic acids is 1. The van der Waals surface area contributed by atoms with E-state index in [0.29, 0.717) is 12.3 Å². The van der Waals surface area contributed by atoms with Gasteiger partial charge in [-0.15, -0.1) is 0 Å². The number of rotatable bonds is 4. The number of nitrogens with zero attached hydrogens (tertiary/aromatic N) is 5. The van der Waals surface area contributed by atoms with Crippen LogP contribution in [0.5, 0.6) is 0 Å². The monoisotopic (exact) mass is 332 g/mol. The van der Waals surface area contributed by atoms with E-state index in [9.17, 15) is 4.79 Å². The molecule has 1 saturated heterocycles. The van der Waals surface area contributed by atoms with Crippen LogP contribution in [0.15, 0.2) is 6.20 Å². The molecular formula is C15H20N6OS. The molecule has 3 heterocycles. The van der Waals surface area contributed by atoms with Gasteiger partial charge in [-0.25, -0.2) is 4.98 Å². The Morgan fingerprint density at radius 2 is 2.13 bits per heavy atom. The minimum Gasteiger partial charge on any atom is -0.355 e. The lowest BCUT2D eigenvalue weighted by atomic mass is 10.0. The predicted molar refractivity (Wildman–Crippen MR) is 87.4 cm³/mol. The van der Waals surface area contributed by atoms with Crippen LogP contribution in [0, 0.1) is 6.92 Å². The normalized spacial score (nSPS) is 24.5. The molecule has 1 amide bonds. The first-order chi connectivity index (χ1) is 11.0. The van der Waals surface area contributed by atoms with Crippen molar-refractivity contribution in [3.8, 4) is 0 Å². The number of carbonyl (C=O) groups is 1. The second-order valence-corrected chi connectivity index (χ2v) is 7.20. The average Bonchev–Trinajstić information content (AvgIpc) is 3.11. The van der Waals surface area contributed by atoms with Crippen molar-refractivity contribution >= 4 is 22.6 Å². The molecule has 7 nitrogen and oxygen atoms in total. The van der Waals surface area contributed by atoms with E-state index in [4.69, 9.17) is 0 Å². The van der Waals surface area contributed by atoms with Crippen LogP contribution >= 0.6 is 11.5 Å². The van der Waals surface area contributed by atoms with Gasteiger partial charge in [-0.1, -0.05) is 0 Å². The summed E-state index contributed by atoms with van der Waals surface area (Å²) in [6, 6.07) is -0.0279. The molecule has 2 fully saturated rings. The van der Waals surface area contributed by atoms with Gasteiger partial charge in [-0.05, 0) is 19.8 Å². The summed E-state index contributed by atoms with van der Waals surface area (Å²) in [4.78, 5) is 18.6. The molecule has 1 N–H and O–H groups in total. The fourth-order valence-electron chi connectivity index (χ4n) is 3.19. The molecule has 4 rings (SSSR count). The van der Waals surface area contributed by atoms with E-state index in [0.717, 1.165) is 22.2 Å². The molecule has 1 saturated carbocycles. The molecule has 122 valence electrons. The summed E-state index contributed by atoms with van der Waals surface area (Å²) >= 11 is 1.39. The van der Waals surface area contributed by atoms with Gasteiger partial charge in [-0.2, -0.15) is 9.47 Å². The number of aromatic nitrogens is 4.